The van der Waals surface area contributed by atoms with Gasteiger partial charge in [0.1, 0.15) is 5.00 Å². The number of carbonyl (C=O) groups excluding carboxylic acids is 2. The maximum atomic E-state index is 14.0. The van der Waals surface area contributed by atoms with Crippen LogP contribution in [-0.2, 0) is 9.59 Å². The Morgan fingerprint density at radius 1 is 0.654 bits per heavy atom. The lowest BCUT2D eigenvalue weighted by Crippen LogP contribution is -2.13. The molecule has 0 amide bonds. The van der Waals surface area contributed by atoms with Crippen LogP contribution in [0, 0.1) is 35.8 Å². The van der Waals surface area contributed by atoms with Crippen LogP contribution < -0.4 is 14.6 Å². The smallest absolute Gasteiger partial charge is 0.251 e. The monoisotopic (exact) mass is 708 g/mol. The molecule has 0 atom stereocenters. The van der Waals surface area contributed by atoms with Gasteiger partial charge in [-0.2, -0.15) is 10.5 Å². The normalized spacial score (nSPS) is 14.9. The number of anilines is 3. The number of nitriles is 2. The minimum Gasteiger partial charge on any atom is -0.871 e. The minimum atomic E-state index is -0.882. The van der Waals surface area contributed by atoms with E-state index in [1.54, 1.807) is 121 Å². The van der Waals surface area contributed by atoms with Gasteiger partial charge in [-0.25, -0.2) is 9.69 Å². The first-order valence-electron chi connectivity index (χ1n) is 15.5. The molecule has 2 aliphatic rings. The van der Waals surface area contributed by atoms with Crippen LogP contribution in [0.25, 0.3) is 15.3 Å². The van der Waals surface area contributed by atoms with Crippen molar-refractivity contribution in [3.63, 3.8) is 0 Å². The van der Waals surface area contributed by atoms with Crippen molar-refractivity contribution in [2.45, 2.75) is 0 Å². The summed E-state index contributed by atoms with van der Waals surface area (Å²) in [6.07, 6.45) is 3.40. The number of Topliss-reactive ketones (excluding diaryl/α,β-unsaturated/α-hetero) is 2. The highest BCUT2D eigenvalue weighted by molar-refractivity contribution is 8.18. The van der Waals surface area contributed by atoms with Gasteiger partial charge in [0, 0.05) is 62.6 Å². The van der Waals surface area contributed by atoms with E-state index in [2.05, 4.69) is 21.8 Å². The zero-order valence-corrected chi connectivity index (χ0v) is 28.4. The van der Waals surface area contributed by atoms with E-state index in [-0.39, 0.29) is 11.1 Å². The molecule has 7 rings (SSSR count). The average molecular weight is 709 g/mol. The van der Waals surface area contributed by atoms with Gasteiger partial charge >= 0.3 is 0 Å². The fourth-order valence-corrected chi connectivity index (χ4v) is 7.87. The first kappa shape index (κ1) is 33.2. The summed E-state index contributed by atoms with van der Waals surface area (Å²) in [5.74, 6) is -2.42. The van der Waals surface area contributed by atoms with Crippen LogP contribution in [-0.4, -0.2) is 16.6 Å². The predicted molar refractivity (Wildman–Crippen MR) is 201 cm³/mol. The summed E-state index contributed by atoms with van der Waals surface area (Å²) in [6.45, 7) is 14.6. The van der Waals surface area contributed by atoms with Crippen LogP contribution in [0.4, 0.5) is 39.1 Å². The summed E-state index contributed by atoms with van der Waals surface area (Å²) in [5.41, 5.74) is 4.33. The van der Waals surface area contributed by atoms with Crippen LogP contribution in [0.15, 0.2) is 138 Å². The van der Waals surface area contributed by atoms with Crippen molar-refractivity contribution >= 4 is 84.4 Å². The number of ketones is 2. The van der Waals surface area contributed by atoms with E-state index < -0.39 is 17.3 Å². The van der Waals surface area contributed by atoms with Crippen molar-refractivity contribution in [3.05, 3.63) is 176 Å². The molecule has 52 heavy (non-hydrogen) atoms. The molecule has 1 aromatic heterocycles. The van der Waals surface area contributed by atoms with Gasteiger partial charge in [-0.15, -0.1) is 15.9 Å². The number of nitrogens with zero attached hydrogens (tertiary/aromatic N) is 6. The van der Waals surface area contributed by atoms with Crippen LogP contribution >= 0.6 is 23.1 Å². The van der Waals surface area contributed by atoms with Crippen LogP contribution in [0.3, 0.4) is 0 Å². The number of allylic oxidation sites excluding steroid dienone is 3. The largest absolute Gasteiger partial charge is 0.871 e. The van der Waals surface area contributed by atoms with E-state index in [0.717, 1.165) is 0 Å². The van der Waals surface area contributed by atoms with Gasteiger partial charge in [0.25, 0.3) is 5.04 Å². The lowest BCUT2D eigenvalue weighted by atomic mass is 10.1. The zero-order chi connectivity index (χ0) is 36.4. The second kappa shape index (κ2) is 13.9. The van der Waals surface area contributed by atoms with Crippen LogP contribution in [0.5, 0.6) is 0 Å². The van der Waals surface area contributed by atoms with E-state index in [0.29, 0.717) is 65.1 Å². The van der Waals surface area contributed by atoms with Gasteiger partial charge in [-0.3, -0.25) is 9.59 Å². The standard InChI is InChI=1S/C41H20N6O3S2/c1-44-27-7-15-31(16-8-27)47(32-17-9-28(45-2)10-18-32)36-22-20-34(52-36)38-39(48)37(40(49)41(38)50)33-19-21-35(51-33)46(29-11-3-25(23-42)4-12-29)30-13-5-26(24-43)6-14-30/h3-22H. The lowest BCUT2D eigenvalue weighted by Gasteiger charge is -2.24. The molecule has 11 heteroatoms. The molecule has 0 bridgehead atoms. The molecular formula is C41H20N6O3S2. The third kappa shape index (κ3) is 6.07. The molecule has 0 N–H and O–H groups in total. The summed E-state index contributed by atoms with van der Waals surface area (Å²) in [6, 6.07) is 35.4. The number of rotatable bonds is 6. The van der Waals surface area contributed by atoms with E-state index in [1.807, 2.05) is 9.48 Å². The summed E-state index contributed by atoms with van der Waals surface area (Å²) in [4.78, 5) is 36.5. The third-order valence-electron chi connectivity index (χ3n) is 8.21. The Bertz CT molecular complexity index is 2490. The summed E-state index contributed by atoms with van der Waals surface area (Å²) in [5, 5.41) is 33.9. The second-order valence-corrected chi connectivity index (χ2v) is 13.4. The molecule has 0 spiro atoms. The van der Waals surface area contributed by atoms with Crippen LogP contribution in [0.1, 0.15) is 16.0 Å². The number of benzene rings is 4. The van der Waals surface area contributed by atoms with Gasteiger partial charge in [0.2, 0.25) is 22.9 Å². The number of carbonyl (C=O) groups is 2. The van der Waals surface area contributed by atoms with Crippen molar-refractivity contribution < 1.29 is 14.7 Å². The van der Waals surface area contributed by atoms with Gasteiger partial charge in [-0.1, -0.05) is 30.0 Å². The highest BCUT2D eigenvalue weighted by atomic mass is 32.2. The second-order valence-electron chi connectivity index (χ2n) is 11.3. The molecule has 0 radical (unpaired) electrons. The van der Waals surface area contributed by atoms with Gasteiger partial charge in [0.05, 0.1) is 36.4 Å². The van der Waals surface area contributed by atoms with E-state index in [9.17, 15) is 25.2 Å². The van der Waals surface area contributed by atoms with E-state index in [1.165, 1.54) is 23.1 Å². The number of hydrogen-bond donors (Lipinski definition) is 0. The summed E-state index contributed by atoms with van der Waals surface area (Å²) >= 11 is 2.35. The molecule has 9 nitrogen and oxygen atoms in total. The van der Waals surface area contributed by atoms with E-state index >= 15 is 0 Å². The fourth-order valence-electron chi connectivity index (χ4n) is 5.70. The van der Waals surface area contributed by atoms with E-state index in [4.69, 9.17) is 13.1 Å². The summed E-state index contributed by atoms with van der Waals surface area (Å²) < 4.78 is 1.88. The Balaban J connectivity index is 1.29. The Morgan fingerprint density at radius 2 is 1.15 bits per heavy atom. The quantitative estimate of drug-likeness (QED) is 0.0749. The first-order chi connectivity index (χ1) is 25.3. The molecule has 2 heterocycles. The predicted octanol–water partition coefficient (Wildman–Crippen LogP) is 8.78. The molecule has 0 fully saturated rings. The highest BCUT2D eigenvalue weighted by Crippen LogP contribution is 2.45. The van der Waals surface area contributed by atoms with Crippen molar-refractivity contribution in [2.75, 3.05) is 4.90 Å². The SMILES string of the molecule is [C-]#[N+]c1ccc(N(c2ccc([N+]#[C-])cc2)c2ccc(C3=C([O-])/C(=C4\C=CC(=[N+](c5ccc(C#N)cc5)c5ccc(C#N)cc5)S4)C(=O)C3=O)s2)cc1. The molecule has 244 valence electrons. The Kier molecular flexibility index (Phi) is 8.89. The van der Waals surface area contributed by atoms with Crippen molar-refractivity contribution in [1.29, 1.82) is 10.5 Å². The molecule has 0 unspecified atom stereocenters. The Labute approximate surface area is 306 Å². The lowest BCUT2D eigenvalue weighted by molar-refractivity contribution is -0.294. The molecule has 5 aromatic rings. The maximum absolute atomic E-state index is 14.0. The van der Waals surface area contributed by atoms with Gasteiger partial charge in [0.15, 0.2) is 11.4 Å². The molecule has 0 saturated carbocycles. The first-order valence-corrected chi connectivity index (χ1v) is 17.1. The maximum Gasteiger partial charge on any atom is 0.251 e. The zero-order valence-electron chi connectivity index (χ0n) is 26.8. The molecule has 1 aliphatic carbocycles. The van der Waals surface area contributed by atoms with Gasteiger partial charge < -0.3 is 10.0 Å². The summed E-state index contributed by atoms with van der Waals surface area (Å²) in [7, 11) is 0. The minimum absolute atomic E-state index is 0.200. The Morgan fingerprint density at radius 3 is 1.63 bits per heavy atom. The molecule has 0 saturated heterocycles. The highest BCUT2D eigenvalue weighted by Gasteiger charge is 2.37. The number of thiophene rings is 1. The molecule has 4 aromatic carbocycles. The number of thioether (sulfide) groups is 1. The molecular weight excluding hydrogens is 689 g/mol. The van der Waals surface area contributed by atoms with Crippen molar-refractivity contribution in [2.24, 2.45) is 0 Å². The van der Waals surface area contributed by atoms with Crippen molar-refractivity contribution in [3.8, 4) is 12.1 Å². The van der Waals surface area contributed by atoms with Crippen LogP contribution in [0.2, 0.25) is 0 Å². The number of hydrogen-bond acceptors (Lipinski definition) is 8. The third-order valence-corrected chi connectivity index (χ3v) is 10.4. The van der Waals surface area contributed by atoms with Crippen molar-refractivity contribution in [1.82, 2.24) is 4.58 Å². The molecule has 1 aliphatic heterocycles. The fraction of sp³-hybridized carbons (Fsp3) is 0. The Hall–Kier alpha value is -7.28. The van der Waals surface area contributed by atoms with Gasteiger partial charge in [-0.05, 0) is 78.5 Å². The average Bonchev–Trinajstić information content (AvgIpc) is 3.91. The topological polar surface area (TPSA) is 120 Å².